The molecule has 0 N–H and O–H groups in total. The average molecular weight is 314 g/mol. The maximum atomic E-state index is 12.4. The highest BCUT2D eigenvalue weighted by atomic mass is 32.2. The van der Waals surface area contributed by atoms with Crippen LogP contribution < -0.4 is 0 Å². The van der Waals surface area contributed by atoms with E-state index in [1.165, 1.54) is 4.90 Å². The number of aromatic nitrogens is 1. The lowest BCUT2D eigenvalue weighted by Crippen LogP contribution is -2.28. The van der Waals surface area contributed by atoms with E-state index in [0.717, 1.165) is 40.3 Å². The van der Waals surface area contributed by atoms with Gasteiger partial charge in [0.1, 0.15) is 0 Å². The van der Waals surface area contributed by atoms with Crippen LogP contribution in [0, 0.1) is 6.92 Å². The maximum absolute atomic E-state index is 12.4. The highest BCUT2D eigenvalue weighted by Gasteiger charge is 2.34. The molecular weight excluding hydrogens is 296 g/mol. The van der Waals surface area contributed by atoms with Gasteiger partial charge in [-0.2, -0.15) is 0 Å². The number of hydrogen-bond donors (Lipinski definition) is 0. The van der Waals surface area contributed by atoms with Crippen LogP contribution in [0.15, 0.2) is 29.2 Å². The molecule has 1 aliphatic heterocycles. The molecule has 2 aromatic rings. The Kier molecular flexibility index (Phi) is 3.83. The number of imide groups is 1. The number of benzene rings is 1. The van der Waals surface area contributed by atoms with E-state index in [1.807, 2.05) is 45.2 Å². The number of aryl methyl sites for hydroxylation is 1. The molecular formula is C17H18N2O2S. The molecule has 114 valence electrons. The Morgan fingerprint density at radius 1 is 1.23 bits per heavy atom. The summed E-state index contributed by atoms with van der Waals surface area (Å²) in [6.45, 7) is 4.47. The van der Waals surface area contributed by atoms with E-state index in [2.05, 4.69) is 10.6 Å². The minimum atomic E-state index is -0.177. The summed E-state index contributed by atoms with van der Waals surface area (Å²) in [4.78, 5) is 26.2. The highest BCUT2D eigenvalue weighted by molar-refractivity contribution is 8.18. The Morgan fingerprint density at radius 2 is 1.95 bits per heavy atom. The summed E-state index contributed by atoms with van der Waals surface area (Å²) in [5.74, 6) is -0.177. The number of carbonyl (C=O) groups is 2. The minimum absolute atomic E-state index is 0.170. The largest absolute Gasteiger partial charge is 0.347 e. The van der Waals surface area contributed by atoms with E-state index in [1.54, 1.807) is 0 Å². The van der Waals surface area contributed by atoms with Gasteiger partial charge in [0.15, 0.2) is 0 Å². The lowest BCUT2D eigenvalue weighted by molar-refractivity contribution is -0.122. The molecule has 1 saturated heterocycles. The summed E-state index contributed by atoms with van der Waals surface area (Å²) in [7, 11) is 2.01. The van der Waals surface area contributed by atoms with Crippen LogP contribution in [0.4, 0.5) is 4.79 Å². The zero-order chi connectivity index (χ0) is 15.9. The second-order valence-electron chi connectivity index (χ2n) is 5.41. The first-order valence-corrected chi connectivity index (χ1v) is 8.15. The molecule has 1 aromatic carbocycles. The van der Waals surface area contributed by atoms with Gasteiger partial charge in [0, 0.05) is 35.8 Å². The van der Waals surface area contributed by atoms with Gasteiger partial charge in [-0.25, -0.2) is 0 Å². The molecule has 0 radical (unpaired) electrons. The van der Waals surface area contributed by atoms with Crippen molar-refractivity contribution in [1.82, 2.24) is 9.47 Å². The summed E-state index contributed by atoms with van der Waals surface area (Å²) in [6.07, 6.45) is 2.64. The standard InChI is InChI=1S/C17H18N2O2S/c1-4-9-19-16(20)15(22-17(19)21)10-13-11(2)18(3)14-8-6-5-7-12(13)14/h5-8,10H,4,9H2,1-3H3/b15-10-. The molecule has 0 bridgehead atoms. The third-order valence-corrected chi connectivity index (χ3v) is 4.95. The van der Waals surface area contributed by atoms with Crippen LogP contribution in [0.3, 0.4) is 0 Å². The van der Waals surface area contributed by atoms with E-state index in [4.69, 9.17) is 0 Å². The third-order valence-electron chi connectivity index (χ3n) is 4.04. The molecule has 22 heavy (non-hydrogen) atoms. The van der Waals surface area contributed by atoms with Gasteiger partial charge in [-0.15, -0.1) is 0 Å². The van der Waals surface area contributed by atoms with Crippen LogP contribution in [0.1, 0.15) is 24.6 Å². The fourth-order valence-corrected chi connectivity index (χ4v) is 3.63. The molecule has 0 unspecified atom stereocenters. The summed E-state index contributed by atoms with van der Waals surface area (Å²) in [5, 5.41) is 0.931. The Balaban J connectivity index is 2.09. The van der Waals surface area contributed by atoms with Crippen LogP contribution in [0.25, 0.3) is 17.0 Å². The molecule has 4 nitrogen and oxygen atoms in total. The molecule has 3 rings (SSSR count). The van der Waals surface area contributed by atoms with Gasteiger partial charge in [0.25, 0.3) is 11.1 Å². The van der Waals surface area contributed by atoms with Gasteiger partial charge in [0.05, 0.1) is 4.91 Å². The molecule has 5 heteroatoms. The van der Waals surface area contributed by atoms with Crippen molar-refractivity contribution in [2.24, 2.45) is 7.05 Å². The Hall–Kier alpha value is -2.01. The predicted molar refractivity (Wildman–Crippen MR) is 90.6 cm³/mol. The molecule has 1 fully saturated rings. The monoisotopic (exact) mass is 314 g/mol. The van der Waals surface area contributed by atoms with Crippen LogP contribution in [0.2, 0.25) is 0 Å². The van der Waals surface area contributed by atoms with Gasteiger partial charge in [-0.1, -0.05) is 25.1 Å². The first-order chi connectivity index (χ1) is 10.5. The Bertz CT molecular complexity index is 804. The first-order valence-electron chi connectivity index (χ1n) is 7.34. The van der Waals surface area contributed by atoms with Crippen molar-refractivity contribution >= 4 is 39.9 Å². The topological polar surface area (TPSA) is 42.3 Å². The predicted octanol–water partition coefficient (Wildman–Crippen LogP) is 3.93. The second-order valence-corrected chi connectivity index (χ2v) is 6.40. The molecule has 2 heterocycles. The quantitative estimate of drug-likeness (QED) is 0.806. The minimum Gasteiger partial charge on any atom is -0.347 e. The number of rotatable bonds is 3. The van der Waals surface area contributed by atoms with Crippen molar-refractivity contribution in [3.63, 3.8) is 0 Å². The zero-order valence-electron chi connectivity index (χ0n) is 12.9. The summed E-state index contributed by atoms with van der Waals surface area (Å²) >= 11 is 1.03. The van der Waals surface area contributed by atoms with Crippen LogP contribution >= 0.6 is 11.8 Å². The SMILES string of the molecule is CCCN1C(=O)S/C(=C\c2c(C)n(C)c3ccccc23)C1=O. The molecule has 0 atom stereocenters. The maximum Gasteiger partial charge on any atom is 0.293 e. The van der Waals surface area contributed by atoms with Crippen molar-refractivity contribution in [2.75, 3.05) is 6.54 Å². The number of hydrogen-bond acceptors (Lipinski definition) is 3. The van der Waals surface area contributed by atoms with Crippen LogP contribution in [0.5, 0.6) is 0 Å². The number of fused-ring (bicyclic) bond motifs is 1. The normalized spacial score (nSPS) is 17.2. The van der Waals surface area contributed by atoms with E-state index in [9.17, 15) is 9.59 Å². The number of nitrogens with zero attached hydrogens (tertiary/aromatic N) is 2. The molecule has 0 aliphatic carbocycles. The van der Waals surface area contributed by atoms with Crippen molar-refractivity contribution in [3.8, 4) is 0 Å². The third kappa shape index (κ3) is 2.25. The fraction of sp³-hybridized carbons (Fsp3) is 0.294. The zero-order valence-corrected chi connectivity index (χ0v) is 13.7. The van der Waals surface area contributed by atoms with Crippen molar-refractivity contribution in [2.45, 2.75) is 20.3 Å². The van der Waals surface area contributed by atoms with Gasteiger partial charge in [0.2, 0.25) is 0 Å². The lowest BCUT2D eigenvalue weighted by atomic mass is 10.1. The van der Waals surface area contributed by atoms with E-state index < -0.39 is 0 Å². The average Bonchev–Trinajstić information content (AvgIpc) is 2.91. The summed E-state index contributed by atoms with van der Waals surface area (Å²) in [5.41, 5.74) is 3.22. The van der Waals surface area contributed by atoms with Crippen LogP contribution in [-0.4, -0.2) is 27.2 Å². The van der Waals surface area contributed by atoms with E-state index in [-0.39, 0.29) is 11.1 Å². The van der Waals surface area contributed by atoms with Crippen molar-refractivity contribution in [3.05, 3.63) is 40.4 Å². The summed E-state index contributed by atoms with van der Waals surface area (Å²) < 4.78 is 2.11. The Labute approximate surface area is 133 Å². The van der Waals surface area contributed by atoms with Gasteiger partial charge in [-0.05, 0) is 37.2 Å². The smallest absolute Gasteiger partial charge is 0.293 e. The second kappa shape index (κ2) is 5.65. The first kappa shape index (κ1) is 14.9. The van der Waals surface area contributed by atoms with Gasteiger partial charge in [-0.3, -0.25) is 14.5 Å². The van der Waals surface area contributed by atoms with E-state index >= 15 is 0 Å². The molecule has 0 saturated carbocycles. The molecule has 1 aliphatic rings. The summed E-state index contributed by atoms with van der Waals surface area (Å²) in [6, 6.07) is 8.09. The fourth-order valence-electron chi connectivity index (χ4n) is 2.78. The lowest BCUT2D eigenvalue weighted by Gasteiger charge is -2.09. The van der Waals surface area contributed by atoms with Crippen molar-refractivity contribution in [1.29, 1.82) is 0 Å². The van der Waals surface area contributed by atoms with Gasteiger partial charge < -0.3 is 4.57 Å². The highest BCUT2D eigenvalue weighted by Crippen LogP contribution is 2.35. The number of thioether (sulfide) groups is 1. The molecule has 2 amide bonds. The van der Waals surface area contributed by atoms with Crippen molar-refractivity contribution < 1.29 is 9.59 Å². The number of carbonyl (C=O) groups excluding carboxylic acids is 2. The van der Waals surface area contributed by atoms with Crippen LogP contribution in [-0.2, 0) is 11.8 Å². The van der Waals surface area contributed by atoms with Gasteiger partial charge >= 0.3 is 0 Å². The molecule has 1 aromatic heterocycles. The molecule has 0 spiro atoms. The number of amides is 2. The Morgan fingerprint density at radius 3 is 2.68 bits per heavy atom. The van der Waals surface area contributed by atoms with E-state index in [0.29, 0.717) is 11.4 Å². The number of para-hydroxylation sites is 1.